The first-order valence-electron chi connectivity index (χ1n) is 12.6. The summed E-state index contributed by atoms with van der Waals surface area (Å²) in [4.78, 5) is 41.3. The Balaban J connectivity index is 1.81. The third kappa shape index (κ3) is 9.76. The van der Waals surface area contributed by atoms with Crippen LogP contribution in [-0.4, -0.2) is 117 Å². The van der Waals surface area contributed by atoms with Gasteiger partial charge in [-0.15, -0.1) is 0 Å². The van der Waals surface area contributed by atoms with Crippen molar-refractivity contribution in [3.63, 3.8) is 0 Å². The van der Waals surface area contributed by atoms with Crippen LogP contribution < -0.4 is 4.73 Å². The van der Waals surface area contributed by atoms with Crippen LogP contribution in [0.5, 0.6) is 5.75 Å². The smallest absolute Gasteiger partial charge is 0.317 e. The van der Waals surface area contributed by atoms with E-state index in [-0.39, 0.29) is 31.1 Å². The summed E-state index contributed by atoms with van der Waals surface area (Å²) >= 11 is 0. The van der Waals surface area contributed by atoms with Gasteiger partial charge < -0.3 is 20.5 Å². The molecule has 14 nitrogen and oxygen atoms in total. The lowest BCUT2D eigenvalue weighted by Gasteiger charge is -2.33. The van der Waals surface area contributed by atoms with Crippen molar-refractivity contribution in [2.45, 2.75) is 13.1 Å². The molecule has 1 aromatic carbocycles. The monoisotopic (exact) mass is 546 g/mol. The zero-order chi connectivity index (χ0) is 28.4. The molecule has 2 aromatic rings. The zero-order valence-corrected chi connectivity index (χ0v) is 21.6. The number of phenols is 1. The first-order chi connectivity index (χ1) is 18.6. The van der Waals surface area contributed by atoms with Crippen molar-refractivity contribution < 1.29 is 34.6 Å². The molecular weight excluding hydrogens is 512 g/mol. The number of pyridine rings is 1. The molecule has 1 fully saturated rings. The van der Waals surface area contributed by atoms with Gasteiger partial charge >= 0.3 is 11.9 Å². The van der Waals surface area contributed by atoms with Gasteiger partial charge in [0.2, 0.25) is 5.69 Å². The van der Waals surface area contributed by atoms with Gasteiger partial charge in [-0.3, -0.25) is 39.3 Å². The maximum absolute atomic E-state index is 12.2. The Morgan fingerprint density at radius 2 is 1.33 bits per heavy atom. The topological polar surface area (TPSA) is 178 Å². The van der Waals surface area contributed by atoms with Crippen LogP contribution in [0, 0.1) is 15.3 Å². The fourth-order valence-electron chi connectivity index (χ4n) is 4.46. The van der Waals surface area contributed by atoms with E-state index in [1.54, 1.807) is 28.0 Å². The number of aliphatic carboxylic acids is 2. The molecule has 1 aliphatic heterocycles. The number of aromatic nitrogens is 1. The van der Waals surface area contributed by atoms with Crippen molar-refractivity contribution in [1.82, 2.24) is 19.6 Å². The van der Waals surface area contributed by atoms with Crippen LogP contribution in [0.1, 0.15) is 11.3 Å². The highest BCUT2D eigenvalue weighted by Gasteiger charge is 2.21. The van der Waals surface area contributed by atoms with Crippen LogP contribution in [0.15, 0.2) is 42.6 Å². The van der Waals surface area contributed by atoms with Crippen LogP contribution in [0.4, 0.5) is 5.69 Å². The zero-order valence-electron chi connectivity index (χ0n) is 21.6. The van der Waals surface area contributed by atoms with Crippen LogP contribution >= 0.6 is 0 Å². The minimum absolute atomic E-state index is 0.0938. The number of nitro groups is 1. The van der Waals surface area contributed by atoms with Gasteiger partial charge in [0, 0.05) is 88.7 Å². The number of rotatable bonds is 9. The summed E-state index contributed by atoms with van der Waals surface area (Å²) in [6, 6.07) is 8.91. The predicted molar refractivity (Wildman–Crippen MR) is 139 cm³/mol. The Kier molecular flexibility index (Phi) is 10.9. The van der Waals surface area contributed by atoms with Crippen molar-refractivity contribution in [1.29, 1.82) is 0 Å². The number of nitrogens with zero attached hydrogens (tertiary/aromatic N) is 6. The molecule has 0 bridgehead atoms. The maximum Gasteiger partial charge on any atom is 0.317 e. The second-order valence-electron chi connectivity index (χ2n) is 9.48. The molecule has 3 rings (SSSR count). The van der Waals surface area contributed by atoms with E-state index < -0.39 is 16.9 Å². The number of aromatic hydroxyl groups is 1. The number of nitro benzene ring substituents is 1. The normalized spacial score (nSPS) is 17.2. The standard InChI is InChI=1S/C25H34N6O8/c32-23-5-4-21(31(38)39)15-20(23)16-26-7-11-28(18-24(33)34)13-9-27(17-22-3-1-2-6-30(22)37)10-14-29(12-8-26)19-25(35)36/h1-6,15,32H,7-14,16-19H2,(H,33,34)(H,35,36). The second kappa shape index (κ2) is 14.3. The van der Waals surface area contributed by atoms with E-state index in [0.717, 1.165) is 4.73 Å². The highest BCUT2D eigenvalue weighted by atomic mass is 16.6. The number of carbonyl (C=O) groups is 2. The number of benzene rings is 1. The summed E-state index contributed by atoms with van der Waals surface area (Å²) in [7, 11) is 0. The summed E-state index contributed by atoms with van der Waals surface area (Å²) in [5.41, 5.74) is 0.725. The van der Waals surface area contributed by atoms with E-state index in [0.29, 0.717) is 70.2 Å². The Morgan fingerprint density at radius 3 is 1.82 bits per heavy atom. The number of hydrogen-bond donors (Lipinski definition) is 3. The fraction of sp³-hybridized carbons (Fsp3) is 0.480. The molecule has 0 atom stereocenters. The number of phenolic OH excluding ortho intramolecular Hbond substituents is 1. The van der Waals surface area contributed by atoms with Crippen molar-refractivity contribution in [2.24, 2.45) is 0 Å². The molecule has 0 aliphatic carbocycles. The molecule has 0 unspecified atom stereocenters. The molecule has 0 saturated carbocycles. The number of carboxylic acid groups (broad SMARTS) is 2. The number of carboxylic acids is 2. The van der Waals surface area contributed by atoms with E-state index in [4.69, 9.17) is 0 Å². The summed E-state index contributed by atoms with van der Waals surface area (Å²) in [6.45, 7) is 3.30. The lowest BCUT2D eigenvalue weighted by Crippen LogP contribution is -2.48. The quantitative estimate of drug-likeness (QED) is 0.167. The van der Waals surface area contributed by atoms with Gasteiger partial charge in [0.05, 0.1) is 24.6 Å². The molecule has 14 heteroatoms. The molecule has 0 radical (unpaired) electrons. The van der Waals surface area contributed by atoms with Crippen molar-refractivity contribution in [3.8, 4) is 5.75 Å². The molecule has 3 N–H and O–H groups in total. The van der Waals surface area contributed by atoms with Gasteiger partial charge in [-0.05, 0) is 12.1 Å². The molecule has 2 heterocycles. The second-order valence-corrected chi connectivity index (χ2v) is 9.48. The van der Waals surface area contributed by atoms with Crippen molar-refractivity contribution in [3.05, 3.63) is 69.2 Å². The van der Waals surface area contributed by atoms with Gasteiger partial charge in [-0.2, -0.15) is 4.73 Å². The third-order valence-electron chi connectivity index (χ3n) is 6.61. The fourth-order valence-corrected chi connectivity index (χ4v) is 4.46. The summed E-state index contributed by atoms with van der Waals surface area (Å²) in [5.74, 6) is -2.06. The van der Waals surface area contributed by atoms with Crippen LogP contribution in [0.3, 0.4) is 0 Å². The van der Waals surface area contributed by atoms with Gasteiger partial charge in [0.15, 0.2) is 6.20 Å². The minimum Gasteiger partial charge on any atom is -0.618 e. The van der Waals surface area contributed by atoms with Crippen LogP contribution in [0.2, 0.25) is 0 Å². The Labute approximate surface area is 225 Å². The van der Waals surface area contributed by atoms with Crippen LogP contribution in [0.25, 0.3) is 0 Å². The SMILES string of the molecule is O=C(O)CN1CCN(Cc2cc([N+](=O)[O-])ccc2O)CCN(CC(=O)O)CCN(Cc2cccc[n+]2[O-])CC1. The largest absolute Gasteiger partial charge is 0.618 e. The molecule has 39 heavy (non-hydrogen) atoms. The maximum atomic E-state index is 12.2. The summed E-state index contributed by atoms with van der Waals surface area (Å²) in [5, 5.41) is 52.7. The van der Waals surface area contributed by atoms with E-state index in [1.807, 2.05) is 9.80 Å². The van der Waals surface area contributed by atoms with Gasteiger partial charge in [-0.25, -0.2) is 0 Å². The molecular formula is C25H34N6O8. The average Bonchev–Trinajstić information content (AvgIpc) is 2.87. The Bertz CT molecular complexity index is 1120. The summed E-state index contributed by atoms with van der Waals surface area (Å²) in [6.07, 6.45) is 1.41. The van der Waals surface area contributed by atoms with E-state index in [2.05, 4.69) is 0 Å². The predicted octanol–water partition coefficient (Wildman–Crippen LogP) is 0.0248. The molecule has 212 valence electrons. The highest BCUT2D eigenvalue weighted by molar-refractivity contribution is 5.69. The minimum atomic E-state index is -0.982. The van der Waals surface area contributed by atoms with Crippen LogP contribution in [-0.2, 0) is 22.7 Å². The lowest BCUT2D eigenvalue weighted by molar-refractivity contribution is -0.615. The lowest BCUT2D eigenvalue weighted by atomic mass is 10.1. The molecule has 0 spiro atoms. The van der Waals surface area contributed by atoms with Gasteiger partial charge in [-0.1, -0.05) is 0 Å². The molecule has 0 amide bonds. The molecule has 1 aliphatic rings. The highest BCUT2D eigenvalue weighted by Crippen LogP contribution is 2.24. The third-order valence-corrected chi connectivity index (χ3v) is 6.61. The number of hydrogen-bond acceptors (Lipinski definition) is 10. The Morgan fingerprint density at radius 1 is 0.821 bits per heavy atom. The van der Waals surface area contributed by atoms with Gasteiger partial charge in [0.25, 0.3) is 5.69 Å². The van der Waals surface area contributed by atoms with Crippen molar-refractivity contribution in [2.75, 3.05) is 65.4 Å². The number of non-ortho nitro benzene ring substituents is 1. The van der Waals surface area contributed by atoms with Crippen molar-refractivity contribution >= 4 is 17.6 Å². The van der Waals surface area contributed by atoms with E-state index >= 15 is 0 Å². The first-order valence-corrected chi connectivity index (χ1v) is 12.6. The molecule has 1 saturated heterocycles. The van der Waals surface area contributed by atoms with Gasteiger partial charge in [0.1, 0.15) is 5.75 Å². The summed E-state index contributed by atoms with van der Waals surface area (Å²) < 4.78 is 0.779. The molecule has 1 aromatic heterocycles. The first kappa shape index (κ1) is 29.7. The van der Waals surface area contributed by atoms with E-state index in [1.165, 1.54) is 24.4 Å². The average molecular weight is 547 g/mol. The van der Waals surface area contributed by atoms with E-state index in [9.17, 15) is 40.2 Å². The Hall–Kier alpha value is -3.85.